The maximum absolute atomic E-state index is 10.0. The Labute approximate surface area is 140 Å². The van der Waals surface area contributed by atoms with Crippen LogP contribution < -0.4 is 0 Å². The highest BCUT2D eigenvalue weighted by Gasteiger charge is 2.10. The standard InChI is InChI=1S/C20H43NO/c1-4-7-8-9-10-11-12-13-14-15-16-17-18-19-20(22)21(5-2)6-3/h20,22H,4-19H2,1-3H3. The van der Waals surface area contributed by atoms with Gasteiger partial charge in [0.2, 0.25) is 0 Å². The Balaban J connectivity index is 3.17. The Hall–Kier alpha value is -0.0800. The lowest BCUT2D eigenvalue weighted by molar-refractivity contribution is 0.00278. The quantitative estimate of drug-likeness (QED) is 0.258. The first-order valence-corrected chi connectivity index (χ1v) is 10.2. The van der Waals surface area contributed by atoms with Gasteiger partial charge in [-0.25, -0.2) is 0 Å². The Bertz CT molecular complexity index is 204. The topological polar surface area (TPSA) is 23.5 Å². The van der Waals surface area contributed by atoms with Crippen molar-refractivity contribution < 1.29 is 5.11 Å². The molecule has 0 rings (SSSR count). The highest BCUT2D eigenvalue weighted by molar-refractivity contribution is 4.58. The van der Waals surface area contributed by atoms with E-state index in [2.05, 4.69) is 25.7 Å². The van der Waals surface area contributed by atoms with Crippen LogP contribution in [0.1, 0.15) is 111 Å². The molecule has 0 aliphatic rings. The van der Waals surface area contributed by atoms with E-state index in [0.29, 0.717) is 0 Å². The second-order valence-electron chi connectivity index (χ2n) is 6.73. The third-order valence-electron chi connectivity index (χ3n) is 4.80. The second kappa shape index (κ2) is 17.3. The van der Waals surface area contributed by atoms with Gasteiger partial charge in [0.1, 0.15) is 6.23 Å². The van der Waals surface area contributed by atoms with E-state index in [1.807, 2.05) is 0 Å². The molecule has 1 unspecified atom stereocenters. The lowest BCUT2D eigenvalue weighted by Crippen LogP contribution is -2.34. The molecule has 0 aliphatic heterocycles. The molecule has 0 spiro atoms. The van der Waals surface area contributed by atoms with Crippen LogP contribution in [0.25, 0.3) is 0 Å². The van der Waals surface area contributed by atoms with Gasteiger partial charge in [-0.15, -0.1) is 0 Å². The van der Waals surface area contributed by atoms with Gasteiger partial charge < -0.3 is 5.11 Å². The molecule has 0 aliphatic carbocycles. The molecule has 1 atom stereocenters. The predicted octanol–water partition coefficient (Wildman–Crippen LogP) is 6.13. The lowest BCUT2D eigenvalue weighted by Gasteiger charge is -2.24. The first-order valence-electron chi connectivity index (χ1n) is 10.2. The van der Waals surface area contributed by atoms with Crippen LogP contribution in [0, 0.1) is 0 Å². The van der Waals surface area contributed by atoms with Crippen molar-refractivity contribution in [1.82, 2.24) is 4.90 Å². The van der Waals surface area contributed by atoms with Gasteiger partial charge in [-0.1, -0.05) is 97.8 Å². The molecule has 0 heterocycles. The number of aliphatic hydroxyl groups is 1. The summed E-state index contributed by atoms with van der Waals surface area (Å²) in [6.45, 7) is 8.43. The van der Waals surface area contributed by atoms with E-state index in [0.717, 1.165) is 19.5 Å². The number of rotatable bonds is 17. The molecule has 134 valence electrons. The van der Waals surface area contributed by atoms with E-state index in [1.165, 1.54) is 83.5 Å². The van der Waals surface area contributed by atoms with Gasteiger partial charge in [0.25, 0.3) is 0 Å². The minimum atomic E-state index is -0.220. The zero-order chi connectivity index (χ0) is 16.5. The molecule has 2 nitrogen and oxygen atoms in total. The van der Waals surface area contributed by atoms with Crippen molar-refractivity contribution in [2.45, 2.75) is 117 Å². The van der Waals surface area contributed by atoms with E-state index in [1.54, 1.807) is 0 Å². The summed E-state index contributed by atoms with van der Waals surface area (Å²) in [4.78, 5) is 2.14. The van der Waals surface area contributed by atoms with Crippen molar-refractivity contribution in [3.05, 3.63) is 0 Å². The average molecular weight is 314 g/mol. The molecule has 22 heavy (non-hydrogen) atoms. The minimum Gasteiger partial charge on any atom is -0.378 e. The minimum absolute atomic E-state index is 0.220. The summed E-state index contributed by atoms with van der Waals surface area (Å²) in [6.07, 6.45) is 18.7. The van der Waals surface area contributed by atoms with Gasteiger partial charge in [0, 0.05) is 0 Å². The summed E-state index contributed by atoms with van der Waals surface area (Å²) < 4.78 is 0. The molecule has 0 bridgehead atoms. The van der Waals surface area contributed by atoms with Crippen LogP contribution in [-0.2, 0) is 0 Å². The Kier molecular flexibility index (Phi) is 17.2. The molecule has 0 fully saturated rings. The highest BCUT2D eigenvalue weighted by Crippen LogP contribution is 2.14. The SMILES string of the molecule is CCCCCCCCCCCCCCCC(O)N(CC)CC. The smallest absolute Gasteiger partial charge is 0.107 e. The van der Waals surface area contributed by atoms with E-state index in [9.17, 15) is 5.11 Å². The summed E-state index contributed by atoms with van der Waals surface area (Å²) >= 11 is 0. The normalized spacial score (nSPS) is 13.0. The van der Waals surface area contributed by atoms with Crippen molar-refractivity contribution >= 4 is 0 Å². The molecular weight excluding hydrogens is 270 g/mol. The van der Waals surface area contributed by atoms with Crippen molar-refractivity contribution in [3.63, 3.8) is 0 Å². The molecule has 1 N–H and O–H groups in total. The number of hydrogen-bond donors (Lipinski definition) is 1. The molecule has 0 saturated heterocycles. The van der Waals surface area contributed by atoms with Crippen molar-refractivity contribution in [2.75, 3.05) is 13.1 Å². The van der Waals surface area contributed by atoms with Crippen molar-refractivity contribution in [1.29, 1.82) is 0 Å². The summed E-state index contributed by atoms with van der Waals surface area (Å²) in [5.41, 5.74) is 0. The van der Waals surface area contributed by atoms with E-state index in [4.69, 9.17) is 0 Å². The third-order valence-corrected chi connectivity index (χ3v) is 4.80. The van der Waals surface area contributed by atoms with Gasteiger partial charge in [-0.05, 0) is 25.9 Å². The number of unbranched alkanes of at least 4 members (excludes halogenated alkanes) is 12. The van der Waals surface area contributed by atoms with Crippen molar-refractivity contribution in [2.24, 2.45) is 0 Å². The third kappa shape index (κ3) is 13.6. The molecule has 0 aromatic rings. The molecule has 2 heteroatoms. The number of nitrogens with zero attached hydrogens (tertiary/aromatic N) is 1. The highest BCUT2D eigenvalue weighted by atomic mass is 16.3. The molecule has 0 radical (unpaired) electrons. The fourth-order valence-electron chi connectivity index (χ4n) is 3.17. The van der Waals surface area contributed by atoms with E-state index in [-0.39, 0.29) is 6.23 Å². The van der Waals surface area contributed by atoms with Gasteiger partial charge in [0.15, 0.2) is 0 Å². The number of aliphatic hydroxyl groups excluding tert-OH is 1. The fraction of sp³-hybridized carbons (Fsp3) is 1.00. The van der Waals surface area contributed by atoms with Gasteiger partial charge in [-0.3, -0.25) is 4.90 Å². The Morgan fingerprint density at radius 1 is 0.591 bits per heavy atom. The van der Waals surface area contributed by atoms with Crippen LogP contribution in [0.2, 0.25) is 0 Å². The Morgan fingerprint density at radius 2 is 0.955 bits per heavy atom. The van der Waals surface area contributed by atoms with Gasteiger partial charge in [0.05, 0.1) is 0 Å². The van der Waals surface area contributed by atoms with Crippen LogP contribution in [0.15, 0.2) is 0 Å². The van der Waals surface area contributed by atoms with Gasteiger partial charge >= 0.3 is 0 Å². The van der Waals surface area contributed by atoms with Gasteiger partial charge in [-0.2, -0.15) is 0 Å². The maximum atomic E-state index is 10.0. The summed E-state index contributed by atoms with van der Waals surface area (Å²) in [6, 6.07) is 0. The zero-order valence-electron chi connectivity index (χ0n) is 15.8. The number of hydrogen-bond acceptors (Lipinski definition) is 2. The van der Waals surface area contributed by atoms with Crippen LogP contribution >= 0.6 is 0 Å². The van der Waals surface area contributed by atoms with E-state index >= 15 is 0 Å². The average Bonchev–Trinajstić information content (AvgIpc) is 2.53. The Morgan fingerprint density at radius 3 is 1.32 bits per heavy atom. The summed E-state index contributed by atoms with van der Waals surface area (Å²) in [7, 11) is 0. The largest absolute Gasteiger partial charge is 0.378 e. The van der Waals surface area contributed by atoms with Crippen LogP contribution in [0.5, 0.6) is 0 Å². The lowest BCUT2D eigenvalue weighted by atomic mass is 10.0. The molecule has 0 aromatic carbocycles. The van der Waals surface area contributed by atoms with E-state index < -0.39 is 0 Å². The molecular formula is C20H43NO. The second-order valence-corrected chi connectivity index (χ2v) is 6.73. The molecule has 0 amide bonds. The molecule has 0 aromatic heterocycles. The monoisotopic (exact) mass is 313 g/mol. The van der Waals surface area contributed by atoms with Crippen LogP contribution in [0.4, 0.5) is 0 Å². The maximum Gasteiger partial charge on any atom is 0.107 e. The first-order chi connectivity index (χ1) is 10.8. The predicted molar refractivity (Wildman–Crippen MR) is 99.2 cm³/mol. The first kappa shape index (κ1) is 21.9. The zero-order valence-corrected chi connectivity index (χ0v) is 15.8. The fourth-order valence-corrected chi connectivity index (χ4v) is 3.17. The summed E-state index contributed by atoms with van der Waals surface area (Å²) in [5.74, 6) is 0. The molecule has 0 saturated carbocycles. The summed E-state index contributed by atoms with van der Waals surface area (Å²) in [5, 5.41) is 10.0. The van der Waals surface area contributed by atoms with Crippen LogP contribution in [0.3, 0.4) is 0 Å². The van der Waals surface area contributed by atoms with Crippen LogP contribution in [-0.4, -0.2) is 29.3 Å². The van der Waals surface area contributed by atoms with Crippen molar-refractivity contribution in [3.8, 4) is 0 Å².